The molecule has 0 N–H and O–H groups in total. The van der Waals surface area contributed by atoms with E-state index in [0.29, 0.717) is 17.1 Å². The fourth-order valence-corrected chi connectivity index (χ4v) is 3.48. The fraction of sp³-hybridized carbons (Fsp3) is 0.174. The van der Waals surface area contributed by atoms with E-state index in [1.165, 1.54) is 0 Å². The van der Waals surface area contributed by atoms with E-state index < -0.39 is 12.0 Å². The third-order valence-corrected chi connectivity index (χ3v) is 4.90. The minimum Gasteiger partial charge on any atom is -0.497 e. The molecular formula is C23H20O4. The summed E-state index contributed by atoms with van der Waals surface area (Å²) in [5, 5.41) is 0. The van der Waals surface area contributed by atoms with E-state index in [2.05, 4.69) is 0 Å². The molecule has 136 valence electrons. The lowest BCUT2D eigenvalue weighted by atomic mass is 9.81. The van der Waals surface area contributed by atoms with Crippen LogP contribution in [-0.2, 0) is 0 Å². The number of benzene rings is 3. The van der Waals surface area contributed by atoms with Gasteiger partial charge in [0.15, 0.2) is 5.78 Å². The van der Waals surface area contributed by atoms with Crippen molar-refractivity contribution in [3.8, 4) is 17.2 Å². The highest BCUT2D eigenvalue weighted by molar-refractivity contribution is 6.04. The van der Waals surface area contributed by atoms with Gasteiger partial charge in [-0.05, 0) is 35.4 Å². The lowest BCUT2D eigenvalue weighted by molar-refractivity contribution is 0.0781. The lowest BCUT2D eigenvalue weighted by Gasteiger charge is -2.33. The zero-order valence-electron chi connectivity index (χ0n) is 15.2. The number of hydrogen-bond acceptors (Lipinski definition) is 4. The normalized spacial score (nSPS) is 18.4. The van der Waals surface area contributed by atoms with Crippen LogP contribution in [0.3, 0.4) is 0 Å². The van der Waals surface area contributed by atoms with Gasteiger partial charge >= 0.3 is 0 Å². The van der Waals surface area contributed by atoms with Gasteiger partial charge in [0.1, 0.15) is 23.4 Å². The third kappa shape index (κ3) is 3.14. The number of methoxy groups -OCH3 is 2. The van der Waals surface area contributed by atoms with Crippen LogP contribution in [0.15, 0.2) is 72.8 Å². The van der Waals surface area contributed by atoms with Crippen molar-refractivity contribution in [3.05, 3.63) is 89.5 Å². The maximum absolute atomic E-state index is 13.4. The van der Waals surface area contributed by atoms with Crippen LogP contribution in [0.1, 0.15) is 33.5 Å². The first-order valence-electron chi connectivity index (χ1n) is 8.79. The van der Waals surface area contributed by atoms with Crippen molar-refractivity contribution in [2.75, 3.05) is 14.2 Å². The Labute approximate surface area is 158 Å². The van der Waals surface area contributed by atoms with Crippen molar-refractivity contribution in [1.29, 1.82) is 0 Å². The second-order valence-electron chi connectivity index (χ2n) is 6.43. The average Bonchev–Trinajstić information content (AvgIpc) is 2.74. The molecule has 3 aromatic rings. The Morgan fingerprint density at radius 2 is 1.44 bits per heavy atom. The van der Waals surface area contributed by atoms with Crippen molar-refractivity contribution < 1.29 is 19.0 Å². The number of ether oxygens (including phenoxy) is 3. The van der Waals surface area contributed by atoms with E-state index >= 15 is 0 Å². The molecule has 1 aliphatic heterocycles. The summed E-state index contributed by atoms with van der Waals surface area (Å²) in [5.74, 6) is 1.58. The van der Waals surface area contributed by atoms with Crippen molar-refractivity contribution in [2.45, 2.75) is 12.0 Å². The number of ketones is 1. The Hall–Kier alpha value is -3.27. The van der Waals surface area contributed by atoms with E-state index in [1.54, 1.807) is 32.4 Å². The molecule has 2 atom stereocenters. The monoisotopic (exact) mass is 360 g/mol. The highest BCUT2D eigenvalue weighted by Crippen LogP contribution is 2.45. The van der Waals surface area contributed by atoms with Crippen LogP contribution in [0.5, 0.6) is 17.2 Å². The molecule has 0 amide bonds. The largest absolute Gasteiger partial charge is 0.497 e. The first kappa shape index (κ1) is 17.2. The molecule has 0 aromatic heterocycles. The third-order valence-electron chi connectivity index (χ3n) is 4.90. The van der Waals surface area contributed by atoms with E-state index in [4.69, 9.17) is 14.2 Å². The highest BCUT2D eigenvalue weighted by atomic mass is 16.5. The molecule has 27 heavy (non-hydrogen) atoms. The number of hydrogen-bond donors (Lipinski definition) is 0. The van der Waals surface area contributed by atoms with Gasteiger partial charge < -0.3 is 14.2 Å². The van der Waals surface area contributed by atoms with Crippen LogP contribution in [-0.4, -0.2) is 20.0 Å². The van der Waals surface area contributed by atoms with Gasteiger partial charge in [-0.25, -0.2) is 0 Å². The topological polar surface area (TPSA) is 44.8 Å². The van der Waals surface area contributed by atoms with E-state index in [9.17, 15) is 4.79 Å². The quantitative estimate of drug-likeness (QED) is 0.670. The van der Waals surface area contributed by atoms with Gasteiger partial charge in [-0.2, -0.15) is 0 Å². The zero-order valence-corrected chi connectivity index (χ0v) is 15.2. The molecule has 1 heterocycles. The summed E-state index contributed by atoms with van der Waals surface area (Å²) in [6.45, 7) is 0. The second-order valence-corrected chi connectivity index (χ2v) is 6.43. The number of carbonyl (C=O) groups excluding carboxylic acids is 1. The van der Waals surface area contributed by atoms with E-state index in [-0.39, 0.29) is 5.78 Å². The van der Waals surface area contributed by atoms with Gasteiger partial charge in [-0.1, -0.05) is 42.5 Å². The summed E-state index contributed by atoms with van der Waals surface area (Å²) >= 11 is 0. The Balaban J connectivity index is 1.83. The molecule has 4 rings (SSSR count). The highest BCUT2D eigenvalue weighted by Gasteiger charge is 2.39. The maximum Gasteiger partial charge on any atom is 0.178 e. The summed E-state index contributed by atoms with van der Waals surface area (Å²) in [5.41, 5.74) is 2.43. The molecule has 0 saturated heterocycles. The standard InChI is InChI=1S/C23H20O4/c1-25-17-10-8-15(9-11-17)21-22(24)19-13-12-18(26-2)14-20(19)27-23(21)16-6-4-3-5-7-16/h3-14,21,23H,1-2H3/t21-,23+/m1/s1. The fourth-order valence-electron chi connectivity index (χ4n) is 3.48. The summed E-state index contributed by atoms with van der Waals surface area (Å²) < 4.78 is 16.9. The van der Waals surface area contributed by atoms with E-state index in [1.807, 2.05) is 54.6 Å². The molecular weight excluding hydrogens is 340 g/mol. The summed E-state index contributed by atoms with van der Waals surface area (Å²) in [7, 11) is 3.22. The van der Waals surface area contributed by atoms with Crippen LogP contribution in [0, 0.1) is 0 Å². The Morgan fingerprint density at radius 1 is 0.778 bits per heavy atom. The predicted molar refractivity (Wildman–Crippen MR) is 103 cm³/mol. The van der Waals surface area contributed by atoms with Gasteiger partial charge in [0.25, 0.3) is 0 Å². The molecule has 4 nitrogen and oxygen atoms in total. The van der Waals surface area contributed by atoms with E-state index in [0.717, 1.165) is 16.9 Å². The number of rotatable bonds is 4. The van der Waals surface area contributed by atoms with Gasteiger partial charge in [0, 0.05) is 6.07 Å². The molecule has 0 radical (unpaired) electrons. The minimum atomic E-state index is -0.431. The average molecular weight is 360 g/mol. The van der Waals surface area contributed by atoms with Crippen molar-refractivity contribution >= 4 is 5.78 Å². The summed E-state index contributed by atoms with van der Waals surface area (Å²) in [6.07, 6.45) is -0.410. The molecule has 4 heteroatoms. The molecule has 3 aromatic carbocycles. The Kier molecular flexibility index (Phi) is 4.55. The number of Topliss-reactive ketones (excluding diaryl/α,β-unsaturated/α-hetero) is 1. The SMILES string of the molecule is COc1ccc([C@@H]2C(=O)c3ccc(OC)cc3O[C@H]2c2ccccc2)cc1. The molecule has 0 fully saturated rings. The van der Waals surface area contributed by atoms with Crippen LogP contribution < -0.4 is 14.2 Å². The van der Waals surface area contributed by atoms with Crippen LogP contribution in [0.2, 0.25) is 0 Å². The van der Waals surface area contributed by atoms with Crippen LogP contribution in [0.25, 0.3) is 0 Å². The van der Waals surface area contributed by atoms with Crippen LogP contribution >= 0.6 is 0 Å². The first-order chi connectivity index (χ1) is 13.2. The molecule has 0 unspecified atom stereocenters. The maximum atomic E-state index is 13.4. The van der Waals surface area contributed by atoms with Gasteiger partial charge in [-0.15, -0.1) is 0 Å². The van der Waals surface area contributed by atoms with Crippen LogP contribution in [0.4, 0.5) is 0 Å². The minimum absolute atomic E-state index is 0.0397. The van der Waals surface area contributed by atoms with Crippen molar-refractivity contribution in [2.24, 2.45) is 0 Å². The van der Waals surface area contributed by atoms with Gasteiger partial charge in [0.2, 0.25) is 0 Å². The summed E-state index contributed by atoms with van der Waals surface area (Å²) in [4.78, 5) is 13.4. The molecule has 0 aliphatic carbocycles. The Morgan fingerprint density at radius 3 is 2.11 bits per heavy atom. The Bertz CT molecular complexity index is 948. The number of carbonyl (C=O) groups is 1. The number of fused-ring (bicyclic) bond motifs is 1. The predicted octanol–water partition coefficient (Wildman–Crippen LogP) is 4.80. The smallest absolute Gasteiger partial charge is 0.178 e. The lowest BCUT2D eigenvalue weighted by Crippen LogP contribution is -2.30. The van der Waals surface area contributed by atoms with Crippen molar-refractivity contribution in [3.63, 3.8) is 0 Å². The van der Waals surface area contributed by atoms with Crippen molar-refractivity contribution in [1.82, 2.24) is 0 Å². The van der Waals surface area contributed by atoms with Gasteiger partial charge in [0.05, 0.1) is 25.7 Å². The first-order valence-corrected chi connectivity index (χ1v) is 8.79. The molecule has 0 saturated carbocycles. The summed E-state index contributed by atoms with van der Waals surface area (Å²) in [6, 6.07) is 22.7. The van der Waals surface area contributed by atoms with Gasteiger partial charge in [-0.3, -0.25) is 4.79 Å². The second kappa shape index (κ2) is 7.16. The molecule has 1 aliphatic rings. The zero-order chi connectivity index (χ0) is 18.8. The molecule has 0 spiro atoms. The molecule has 0 bridgehead atoms.